The molecular formula is C16H16N4O2S2. The molecule has 3 aromatic rings. The number of aryl methyl sites for hydroxylation is 1. The second kappa shape index (κ2) is 6.98. The third kappa shape index (κ3) is 3.72. The highest BCUT2D eigenvalue weighted by Crippen LogP contribution is 2.33. The highest BCUT2D eigenvalue weighted by atomic mass is 32.1. The fourth-order valence-corrected chi connectivity index (χ4v) is 3.74. The van der Waals surface area contributed by atoms with E-state index in [0.29, 0.717) is 10.3 Å². The highest BCUT2D eigenvalue weighted by molar-refractivity contribution is 7.19. The SMILES string of the molecule is COc1ccc(CC(=O)Nc2nc(C)c(-c3csc(N)n3)s2)cc1. The van der Waals surface area contributed by atoms with Crippen LogP contribution in [0.25, 0.3) is 10.6 Å². The van der Waals surface area contributed by atoms with E-state index in [4.69, 9.17) is 10.5 Å². The van der Waals surface area contributed by atoms with E-state index in [1.807, 2.05) is 36.6 Å². The standard InChI is InChI=1S/C16H16N4O2S2/c1-9-14(12-8-23-15(17)19-12)24-16(18-9)20-13(21)7-10-3-5-11(22-2)6-4-10/h3-6,8H,7H2,1-2H3,(H2,17,19)(H,18,20,21). The lowest BCUT2D eigenvalue weighted by molar-refractivity contribution is -0.115. The van der Waals surface area contributed by atoms with E-state index in [1.54, 1.807) is 7.11 Å². The van der Waals surface area contributed by atoms with Crippen molar-refractivity contribution in [3.05, 3.63) is 40.9 Å². The molecule has 0 unspecified atom stereocenters. The van der Waals surface area contributed by atoms with Gasteiger partial charge in [-0.25, -0.2) is 9.97 Å². The molecule has 24 heavy (non-hydrogen) atoms. The predicted octanol–water partition coefficient (Wildman–Crippen LogP) is 3.35. The number of aromatic nitrogens is 2. The van der Waals surface area contributed by atoms with Gasteiger partial charge in [-0.3, -0.25) is 4.79 Å². The van der Waals surface area contributed by atoms with Crippen LogP contribution in [-0.4, -0.2) is 23.0 Å². The van der Waals surface area contributed by atoms with E-state index < -0.39 is 0 Å². The number of nitrogens with two attached hydrogens (primary N) is 1. The summed E-state index contributed by atoms with van der Waals surface area (Å²) in [6.07, 6.45) is 0.279. The molecule has 0 fully saturated rings. The number of hydrogen-bond donors (Lipinski definition) is 2. The Bertz CT molecular complexity index is 855. The van der Waals surface area contributed by atoms with Crippen molar-refractivity contribution in [2.24, 2.45) is 0 Å². The van der Waals surface area contributed by atoms with Crippen molar-refractivity contribution >= 4 is 38.8 Å². The Balaban J connectivity index is 1.68. The topological polar surface area (TPSA) is 90.1 Å². The number of carbonyl (C=O) groups is 1. The third-order valence-corrected chi connectivity index (χ3v) is 5.09. The fraction of sp³-hybridized carbons (Fsp3) is 0.188. The van der Waals surface area contributed by atoms with Crippen LogP contribution in [0.15, 0.2) is 29.6 Å². The van der Waals surface area contributed by atoms with Crippen LogP contribution in [0.2, 0.25) is 0 Å². The van der Waals surface area contributed by atoms with Crippen LogP contribution >= 0.6 is 22.7 Å². The lowest BCUT2D eigenvalue weighted by atomic mass is 10.1. The van der Waals surface area contributed by atoms with Gasteiger partial charge in [-0.15, -0.1) is 11.3 Å². The summed E-state index contributed by atoms with van der Waals surface area (Å²) in [5.74, 6) is 0.653. The molecule has 0 aliphatic rings. The Morgan fingerprint density at radius 1 is 1.29 bits per heavy atom. The molecule has 0 saturated heterocycles. The van der Waals surface area contributed by atoms with Gasteiger partial charge in [0.15, 0.2) is 10.3 Å². The summed E-state index contributed by atoms with van der Waals surface area (Å²) in [7, 11) is 1.61. The number of methoxy groups -OCH3 is 1. The summed E-state index contributed by atoms with van der Waals surface area (Å²) in [5.41, 5.74) is 8.20. The number of ether oxygens (including phenoxy) is 1. The van der Waals surface area contributed by atoms with E-state index in [-0.39, 0.29) is 12.3 Å². The first-order chi connectivity index (χ1) is 11.5. The Morgan fingerprint density at radius 3 is 2.67 bits per heavy atom. The minimum Gasteiger partial charge on any atom is -0.497 e. The first-order valence-electron chi connectivity index (χ1n) is 7.16. The molecule has 2 heterocycles. The van der Waals surface area contributed by atoms with Gasteiger partial charge in [0, 0.05) is 5.38 Å². The summed E-state index contributed by atoms with van der Waals surface area (Å²) < 4.78 is 5.11. The van der Waals surface area contributed by atoms with E-state index in [9.17, 15) is 4.79 Å². The smallest absolute Gasteiger partial charge is 0.230 e. The molecular weight excluding hydrogens is 344 g/mol. The molecule has 1 aromatic carbocycles. The number of benzene rings is 1. The lowest BCUT2D eigenvalue weighted by Crippen LogP contribution is -2.14. The Labute approximate surface area is 147 Å². The van der Waals surface area contributed by atoms with E-state index >= 15 is 0 Å². The van der Waals surface area contributed by atoms with Crippen LogP contribution in [0.3, 0.4) is 0 Å². The van der Waals surface area contributed by atoms with E-state index in [1.165, 1.54) is 22.7 Å². The molecule has 8 heteroatoms. The van der Waals surface area contributed by atoms with E-state index in [0.717, 1.165) is 27.6 Å². The Kier molecular flexibility index (Phi) is 4.77. The first kappa shape index (κ1) is 16.4. The van der Waals surface area contributed by atoms with Gasteiger partial charge >= 0.3 is 0 Å². The van der Waals surface area contributed by atoms with E-state index in [2.05, 4.69) is 15.3 Å². The average Bonchev–Trinajstić information content (AvgIpc) is 3.13. The molecule has 124 valence electrons. The monoisotopic (exact) mass is 360 g/mol. The number of nitrogens with one attached hydrogen (secondary N) is 1. The van der Waals surface area contributed by atoms with Gasteiger partial charge in [-0.1, -0.05) is 23.5 Å². The van der Waals surface area contributed by atoms with Gasteiger partial charge in [0.25, 0.3) is 0 Å². The maximum atomic E-state index is 12.2. The molecule has 0 radical (unpaired) electrons. The molecule has 0 aliphatic heterocycles. The summed E-state index contributed by atoms with van der Waals surface area (Å²) in [6, 6.07) is 7.41. The zero-order valence-corrected chi connectivity index (χ0v) is 14.8. The fourth-order valence-electron chi connectivity index (χ4n) is 2.17. The van der Waals surface area contributed by atoms with Gasteiger partial charge in [0.2, 0.25) is 5.91 Å². The third-order valence-electron chi connectivity index (χ3n) is 3.32. The molecule has 0 spiro atoms. The lowest BCUT2D eigenvalue weighted by Gasteiger charge is -2.03. The molecule has 0 atom stereocenters. The molecule has 2 aromatic heterocycles. The number of thiazole rings is 2. The van der Waals surface area contributed by atoms with Gasteiger partial charge in [-0.05, 0) is 24.6 Å². The molecule has 0 aliphatic carbocycles. The van der Waals surface area contributed by atoms with Gasteiger partial charge in [0.1, 0.15) is 5.75 Å². The first-order valence-corrected chi connectivity index (χ1v) is 8.86. The predicted molar refractivity (Wildman–Crippen MR) is 97.7 cm³/mol. The van der Waals surface area contributed by atoms with Crippen LogP contribution < -0.4 is 15.8 Å². The summed E-state index contributed by atoms with van der Waals surface area (Å²) >= 11 is 2.78. The zero-order chi connectivity index (χ0) is 17.1. The number of nitrogen functional groups attached to an aromatic ring is 1. The number of hydrogen-bond acceptors (Lipinski definition) is 7. The number of nitrogens with zero attached hydrogens (tertiary/aromatic N) is 2. The number of rotatable bonds is 5. The normalized spacial score (nSPS) is 10.6. The highest BCUT2D eigenvalue weighted by Gasteiger charge is 2.14. The van der Waals surface area contributed by atoms with Gasteiger partial charge in [-0.2, -0.15) is 0 Å². The minimum absolute atomic E-state index is 0.113. The van der Waals surface area contributed by atoms with Crippen LogP contribution in [-0.2, 0) is 11.2 Å². The van der Waals surface area contributed by atoms with Gasteiger partial charge < -0.3 is 15.8 Å². The van der Waals surface area contributed by atoms with Crippen molar-refractivity contribution < 1.29 is 9.53 Å². The van der Waals surface area contributed by atoms with Crippen LogP contribution in [0.5, 0.6) is 5.75 Å². The minimum atomic E-state index is -0.113. The largest absolute Gasteiger partial charge is 0.497 e. The maximum absolute atomic E-state index is 12.2. The second-order valence-electron chi connectivity index (χ2n) is 5.08. The Hall–Kier alpha value is -2.45. The van der Waals surface area contributed by atoms with Crippen molar-refractivity contribution in [1.82, 2.24) is 9.97 Å². The van der Waals surface area contributed by atoms with Crippen molar-refractivity contribution in [3.8, 4) is 16.3 Å². The van der Waals surface area contributed by atoms with Crippen molar-refractivity contribution in [2.45, 2.75) is 13.3 Å². The van der Waals surface area contributed by atoms with Crippen LogP contribution in [0, 0.1) is 6.92 Å². The molecule has 0 bridgehead atoms. The van der Waals surface area contributed by atoms with Crippen molar-refractivity contribution in [3.63, 3.8) is 0 Å². The second-order valence-corrected chi connectivity index (χ2v) is 6.97. The molecule has 6 nitrogen and oxygen atoms in total. The van der Waals surface area contributed by atoms with Gasteiger partial charge in [0.05, 0.1) is 29.8 Å². The van der Waals surface area contributed by atoms with Crippen molar-refractivity contribution in [1.29, 1.82) is 0 Å². The number of amides is 1. The summed E-state index contributed by atoms with van der Waals surface area (Å²) in [5, 5.41) is 5.81. The molecule has 3 N–H and O–H groups in total. The van der Waals surface area contributed by atoms with Crippen LogP contribution in [0.4, 0.5) is 10.3 Å². The molecule has 3 rings (SSSR count). The number of carbonyl (C=O) groups excluding carboxylic acids is 1. The Morgan fingerprint density at radius 2 is 2.04 bits per heavy atom. The van der Waals surface area contributed by atoms with Crippen molar-refractivity contribution in [2.75, 3.05) is 18.2 Å². The number of anilines is 2. The summed E-state index contributed by atoms with van der Waals surface area (Å²) in [6.45, 7) is 1.89. The van der Waals surface area contributed by atoms with Crippen LogP contribution in [0.1, 0.15) is 11.3 Å². The summed E-state index contributed by atoms with van der Waals surface area (Å²) in [4.78, 5) is 21.8. The quantitative estimate of drug-likeness (QED) is 0.728. The maximum Gasteiger partial charge on any atom is 0.230 e. The average molecular weight is 360 g/mol. The zero-order valence-electron chi connectivity index (χ0n) is 13.2. The molecule has 1 amide bonds. The molecule has 0 saturated carbocycles.